The lowest BCUT2D eigenvalue weighted by molar-refractivity contribution is -0.384. The average Bonchev–Trinajstić information content (AvgIpc) is 3.03. The van der Waals surface area contributed by atoms with Crippen LogP contribution in [0.1, 0.15) is 19.8 Å². The van der Waals surface area contributed by atoms with E-state index in [-0.39, 0.29) is 22.3 Å². The first-order valence-corrected chi connectivity index (χ1v) is 8.75. The first-order chi connectivity index (χ1) is 10.9. The highest BCUT2D eigenvalue weighted by molar-refractivity contribution is 8.23. The van der Waals surface area contributed by atoms with Crippen molar-refractivity contribution in [2.75, 3.05) is 18.4 Å². The van der Waals surface area contributed by atoms with E-state index in [1.54, 1.807) is 6.92 Å². The lowest BCUT2D eigenvalue weighted by Crippen LogP contribution is -2.29. The van der Waals surface area contributed by atoms with E-state index in [0.29, 0.717) is 4.32 Å². The summed E-state index contributed by atoms with van der Waals surface area (Å²) in [7, 11) is 0. The van der Waals surface area contributed by atoms with Crippen molar-refractivity contribution in [2.45, 2.75) is 25.0 Å². The van der Waals surface area contributed by atoms with Crippen molar-refractivity contribution in [1.82, 2.24) is 4.90 Å². The number of nitro groups is 1. The van der Waals surface area contributed by atoms with Crippen LogP contribution in [0.25, 0.3) is 0 Å². The van der Waals surface area contributed by atoms with Crippen molar-refractivity contribution in [3.63, 3.8) is 0 Å². The number of thioether (sulfide) groups is 1. The molecule has 1 N–H and O–H groups in total. The molecule has 1 aromatic rings. The number of hydrogen-bond acceptors (Lipinski definition) is 5. The molecular formula is C14H16ClN3O3S2. The second-order valence-corrected chi connectivity index (χ2v) is 7.51. The van der Waals surface area contributed by atoms with Crippen molar-refractivity contribution in [3.05, 3.63) is 33.3 Å². The third kappa shape index (κ3) is 4.79. The monoisotopic (exact) mass is 373 g/mol. The Morgan fingerprint density at radius 2 is 2.13 bits per heavy atom. The van der Waals surface area contributed by atoms with Crippen molar-refractivity contribution in [1.29, 1.82) is 0 Å². The number of thiocarbonyl (C=S) groups is 1. The Kier molecular flexibility index (Phi) is 6.20. The summed E-state index contributed by atoms with van der Waals surface area (Å²) >= 11 is 12.6. The first-order valence-electron chi connectivity index (χ1n) is 7.09. The van der Waals surface area contributed by atoms with Crippen LogP contribution in [0.3, 0.4) is 0 Å². The van der Waals surface area contributed by atoms with Crippen molar-refractivity contribution < 1.29 is 9.72 Å². The summed E-state index contributed by atoms with van der Waals surface area (Å²) in [5, 5.41) is 13.3. The number of amides is 1. The van der Waals surface area contributed by atoms with Crippen LogP contribution >= 0.6 is 35.6 Å². The normalized spacial score (nSPS) is 15.3. The molecule has 0 radical (unpaired) electrons. The Morgan fingerprint density at radius 3 is 2.74 bits per heavy atom. The molecule has 1 aliphatic rings. The predicted molar refractivity (Wildman–Crippen MR) is 97.2 cm³/mol. The number of halogens is 1. The number of likely N-dealkylation sites (tertiary alicyclic amines) is 1. The molecule has 0 bridgehead atoms. The van der Waals surface area contributed by atoms with Gasteiger partial charge in [0.25, 0.3) is 5.69 Å². The number of non-ortho nitro benzene ring substituents is 1. The minimum Gasteiger partial charge on any atom is -0.358 e. The molecule has 1 aliphatic heterocycles. The molecule has 1 aromatic carbocycles. The molecule has 0 spiro atoms. The molecule has 1 saturated heterocycles. The van der Waals surface area contributed by atoms with E-state index in [2.05, 4.69) is 10.2 Å². The highest BCUT2D eigenvalue weighted by atomic mass is 35.5. The lowest BCUT2D eigenvalue weighted by Gasteiger charge is -2.20. The van der Waals surface area contributed by atoms with Crippen molar-refractivity contribution in [2.24, 2.45) is 0 Å². The van der Waals surface area contributed by atoms with Gasteiger partial charge in [-0.1, -0.05) is 35.6 Å². The predicted octanol–water partition coefficient (Wildman–Crippen LogP) is 3.69. The van der Waals surface area contributed by atoms with Gasteiger partial charge < -0.3 is 10.2 Å². The molecule has 2 rings (SSSR count). The molecule has 1 amide bonds. The summed E-state index contributed by atoms with van der Waals surface area (Å²) in [5.41, 5.74) is 0.100. The fourth-order valence-corrected chi connectivity index (χ4v) is 3.72. The highest BCUT2D eigenvalue weighted by Crippen LogP contribution is 2.28. The van der Waals surface area contributed by atoms with Gasteiger partial charge in [-0.3, -0.25) is 14.9 Å². The first kappa shape index (κ1) is 18.0. The number of anilines is 1. The number of hydrogen-bond donors (Lipinski definition) is 1. The molecule has 1 fully saturated rings. The number of nitrogens with one attached hydrogen (secondary N) is 1. The quantitative estimate of drug-likeness (QED) is 0.493. The Hall–Kier alpha value is -1.38. The molecule has 0 saturated carbocycles. The van der Waals surface area contributed by atoms with Crippen LogP contribution < -0.4 is 5.32 Å². The van der Waals surface area contributed by atoms with Crippen molar-refractivity contribution >= 4 is 57.2 Å². The molecule has 23 heavy (non-hydrogen) atoms. The lowest BCUT2D eigenvalue weighted by atomic mass is 10.2. The van der Waals surface area contributed by atoms with Crippen molar-refractivity contribution in [3.8, 4) is 0 Å². The van der Waals surface area contributed by atoms with Gasteiger partial charge in [0, 0.05) is 25.2 Å². The molecule has 6 nitrogen and oxygen atoms in total. The van der Waals surface area contributed by atoms with E-state index in [1.165, 1.54) is 30.0 Å². The summed E-state index contributed by atoms with van der Waals surface area (Å²) < 4.78 is 0.704. The van der Waals surface area contributed by atoms with Gasteiger partial charge in [0.15, 0.2) is 0 Å². The molecule has 0 aliphatic carbocycles. The topological polar surface area (TPSA) is 75.5 Å². The Balaban J connectivity index is 1.99. The summed E-state index contributed by atoms with van der Waals surface area (Å²) in [4.78, 5) is 24.6. The summed E-state index contributed by atoms with van der Waals surface area (Å²) in [6, 6.07) is 3.93. The van der Waals surface area contributed by atoms with Gasteiger partial charge in [-0.2, -0.15) is 0 Å². The van der Waals surface area contributed by atoms with E-state index in [4.69, 9.17) is 23.8 Å². The van der Waals surface area contributed by atoms with Crippen LogP contribution in [-0.4, -0.2) is 38.4 Å². The number of nitrogens with zero attached hydrogens (tertiary/aromatic N) is 2. The fraction of sp³-hybridized carbons (Fsp3) is 0.429. The molecule has 1 atom stereocenters. The zero-order chi connectivity index (χ0) is 17.0. The second-order valence-electron chi connectivity index (χ2n) is 5.13. The van der Waals surface area contributed by atoms with E-state index < -0.39 is 10.2 Å². The summed E-state index contributed by atoms with van der Waals surface area (Å²) in [6.45, 7) is 3.60. The number of rotatable bonds is 4. The fourth-order valence-electron chi connectivity index (χ4n) is 2.14. The maximum atomic E-state index is 12.3. The van der Waals surface area contributed by atoms with Crippen LogP contribution in [0.15, 0.2) is 18.2 Å². The number of carbonyl (C=O) groups excluding carboxylic acids is 1. The smallest absolute Gasteiger partial charge is 0.271 e. The second kappa shape index (κ2) is 7.94. The van der Waals surface area contributed by atoms with Gasteiger partial charge in [-0.15, -0.1) is 0 Å². The Bertz CT molecular complexity index is 636. The van der Waals surface area contributed by atoms with E-state index in [0.717, 1.165) is 25.9 Å². The number of carbonyl (C=O) groups is 1. The third-order valence-electron chi connectivity index (χ3n) is 3.43. The maximum Gasteiger partial charge on any atom is 0.271 e. The van der Waals surface area contributed by atoms with Gasteiger partial charge in [0.05, 0.1) is 20.9 Å². The number of benzene rings is 1. The zero-order valence-corrected chi connectivity index (χ0v) is 14.8. The van der Waals surface area contributed by atoms with Gasteiger partial charge >= 0.3 is 0 Å². The summed E-state index contributed by atoms with van der Waals surface area (Å²) in [5.74, 6) is -0.293. The minimum absolute atomic E-state index is 0.127. The Labute approximate surface area is 148 Å². The largest absolute Gasteiger partial charge is 0.358 e. The van der Waals surface area contributed by atoms with Gasteiger partial charge in [0.1, 0.15) is 4.32 Å². The van der Waals surface area contributed by atoms with E-state index in [9.17, 15) is 14.9 Å². The number of nitro benzene ring substituents is 1. The van der Waals surface area contributed by atoms with Gasteiger partial charge in [-0.25, -0.2) is 0 Å². The summed E-state index contributed by atoms with van der Waals surface area (Å²) in [6.07, 6.45) is 2.23. The zero-order valence-electron chi connectivity index (χ0n) is 12.5. The van der Waals surface area contributed by atoms with Crippen LogP contribution in [0.4, 0.5) is 11.4 Å². The third-order valence-corrected chi connectivity index (χ3v) is 5.33. The highest BCUT2D eigenvalue weighted by Gasteiger charge is 2.22. The Morgan fingerprint density at radius 1 is 1.48 bits per heavy atom. The maximum absolute atomic E-state index is 12.3. The standard InChI is InChI=1S/C14H16ClN3O3S2/c1-9(23-14(22)17-6-2-3-7-17)13(19)16-12-8-10(18(20)21)4-5-11(12)15/h4-5,8-9H,2-3,6-7H2,1H3,(H,16,19). The van der Waals surface area contributed by atoms with Crippen LogP contribution in [-0.2, 0) is 4.79 Å². The molecular weight excluding hydrogens is 358 g/mol. The average molecular weight is 374 g/mol. The van der Waals surface area contributed by atoms with Crippen LogP contribution in [0.2, 0.25) is 5.02 Å². The van der Waals surface area contributed by atoms with Crippen LogP contribution in [0, 0.1) is 10.1 Å². The molecule has 1 unspecified atom stereocenters. The van der Waals surface area contributed by atoms with E-state index in [1.807, 2.05) is 0 Å². The molecule has 124 valence electrons. The SMILES string of the molecule is CC(SC(=S)N1CCCC1)C(=O)Nc1cc([N+](=O)[O-])ccc1Cl. The minimum atomic E-state index is -0.535. The van der Waals surface area contributed by atoms with E-state index >= 15 is 0 Å². The molecule has 9 heteroatoms. The molecule has 1 heterocycles. The molecule has 0 aromatic heterocycles. The van der Waals surface area contributed by atoms with Crippen LogP contribution in [0.5, 0.6) is 0 Å². The van der Waals surface area contributed by atoms with Gasteiger partial charge in [-0.05, 0) is 25.8 Å². The van der Waals surface area contributed by atoms with Gasteiger partial charge in [0.2, 0.25) is 5.91 Å².